The highest BCUT2D eigenvalue weighted by atomic mass is 32.2. The minimum absolute atomic E-state index is 0.00794. The highest BCUT2D eigenvalue weighted by molar-refractivity contribution is 7.91. The average Bonchev–Trinajstić information content (AvgIpc) is 2.37. The Morgan fingerprint density at radius 3 is 2.80 bits per heavy atom. The zero-order valence-electron chi connectivity index (χ0n) is 10.6. The van der Waals surface area contributed by atoms with E-state index in [0.29, 0.717) is 5.56 Å². The minimum Gasteiger partial charge on any atom is -0.481 e. The number of hydrogen-bond donors (Lipinski definition) is 1. The zero-order chi connectivity index (χ0) is 14.8. The van der Waals surface area contributed by atoms with Crippen LogP contribution in [0.1, 0.15) is 16.8 Å². The Labute approximate surface area is 116 Å². The van der Waals surface area contributed by atoms with E-state index in [1.54, 1.807) is 12.1 Å². The van der Waals surface area contributed by atoms with Gasteiger partial charge in [-0.15, -0.1) is 0 Å². The fraction of sp³-hybridized carbons (Fsp3) is 0.417. The van der Waals surface area contributed by atoms with Crippen molar-refractivity contribution in [1.82, 2.24) is 9.88 Å². The fourth-order valence-corrected chi connectivity index (χ4v) is 3.71. The molecule has 108 valence electrons. The molecule has 1 aliphatic heterocycles. The average molecular weight is 298 g/mol. The van der Waals surface area contributed by atoms with E-state index in [1.165, 1.54) is 17.3 Å². The summed E-state index contributed by atoms with van der Waals surface area (Å²) in [6, 6.07) is 2.33. The van der Waals surface area contributed by atoms with Crippen LogP contribution in [0.25, 0.3) is 0 Å². The maximum atomic E-state index is 12.3. The molecule has 0 spiro atoms. The number of carbonyl (C=O) groups excluding carboxylic acids is 1. The third kappa shape index (κ3) is 3.32. The van der Waals surface area contributed by atoms with Gasteiger partial charge in [-0.1, -0.05) is 0 Å². The normalized spacial score (nSPS) is 21.4. The highest BCUT2D eigenvalue weighted by Crippen LogP contribution is 2.18. The van der Waals surface area contributed by atoms with Crippen LogP contribution in [-0.4, -0.2) is 59.4 Å². The number of aromatic nitrogens is 1. The first-order valence-electron chi connectivity index (χ1n) is 6.02. The topological polar surface area (TPSA) is 105 Å². The van der Waals surface area contributed by atoms with Crippen LogP contribution in [0.4, 0.5) is 0 Å². The Morgan fingerprint density at radius 2 is 2.20 bits per heavy atom. The molecule has 1 unspecified atom stereocenters. The molecular formula is C12H14N2O5S. The van der Waals surface area contributed by atoms with E-state index in [2.05, 4.69) is 4.98 Å². The second kappa shape index (κ2) is 5.58. The number of rotatable bonds is 3. The van der Waals surface area contributed by atoms with Crippen LogP contribution in [-0.2, 0) is 14.6 Å². The molecule has 1 fully saturated rings. The van der Waals surface area contributed by atoms with Crippen molar-refractivity contribution in [3.63, 3.8) is 0 Å². The SMILES string of the molecule is O=C(O)CC1CS(=O)(=O)CCN1C(=O)c1cccnc1. The number of amides is 1. The lowest BCUT2D eigenvalue weighted by Crippen LogP contribution is -2.52. The summed E-state index contributed by atoms with van der Waals surface area (Å²) in [5.74, 6) is -1.98. The summed E-state index contributed by atoms with van der Waals surface area (Å²) in [7, 11) is -3.30. The molecule has 0 bridgehead atoms. The van der Waals surface area contributed by atoms with E-state index in [1.807, 2.05) is 0 Å². The van der Waals surface area contributed by atoms with Gasteiger partial charge in [0.1, 0.15) is 0 Å². The molecule has 2 rings (SSSR count). The minimum atomic E-state index is -3.30. The number of carbonyl (C=O) groups is 2. The van der Waals surface area contributed by atoms with Gasteiger partial charge in [-0.25, -0.2) is 8.42 Å². The van der Waals surface area contributed by atoms with E-state index < -0.39 is 21.8 Å². The smallest absolute Gasteiger partial charge is 0.305 e. The molecule has 1 aromatic rings. The van der Waals surface area contributed by atoms with E-state index in [-0.39, 0.29) is 30.4 Å². The number of carboxylic acid groups (broad SMARTS) is 1. The van der Waals surface area contributed by atoms with Crippen molar-refractivity contribution in [1.29, 1.82) is 0 Å². The molecule has 2 heterocycles. The van der Waals surface area contributed by atoms with E-state index in [9.17, 15) is 18.0 Å². The van der Waals surface area contributed by atoms with Gasteiger partial charge >= 0.3 is 5.97 Å². The predicted octanol–water partition coefficient (Wildman–Crippen LogP) is -0.204. The maximum absolute atomic E-state index is 12.3. The molecule has 0 radical (unpaired) electrons. The third-order valence-corrected chi connectivity index (χ3v) is 4.81. The number of aliphatic carboxylic acids is 1. The summed E-state index contributed by atoms with van der Waals surface area (Å²) in [4.78, 5) is 28.3. The molecule has 0 aliphatic carbocycles. The molecule has 1 aliphatic rings. The molecule has 1 saturated heterocycles. The highest BCUT2D eigenvalue weighted by Gasteiger charge is 2.35. The van der Waals surface area contributed by atoms with Crippen molar-refractivity contribution in [3.8, 4) is 0 Å². The summed E-state index contributed by atoms with van der Waals surface area (Å²) in [5, 5.41) is 8.86. The van der Waals surface area contributed by atoms with E-state index in [4.69, 9.17) is 5.11 Å². The quantitative estimate of drug-likeness (QED) is 0.828. The third-order valence-electron chi connectivity index (χ3n) is 3.11. The van der Waals surface area contributed by atoms with Gasteiger partial charge in [-0.05, 0) is 12.1 Å². The van der Waals surface area contributed by atoms with Crippen LogP contribution in [0.2, 0.25) is 0 Å². The van der Waals surface area contributed by atoms with Crippen molar-refractivity contribution in [2.24, 2.45) is 0 Å². The molecule has 8 heteroatoms. The lowest BCUT2D eigenvalue weighted by Gasteiger charge is -2.34. The second-order valence-electron chi connectivity index (χ2n) is 4.61. The summed E-state index contributed by atoms with van der Waals surface area (Å²) >= 11 is 0. The summed E-state index contributed by atoms with van der Waals surface area (Å²) < 4.78 is 23.2. The molecule has 1 amide bonds. The Morgan fingerprint density at radius 1 is 1.45 bits per heavy atom. The predicted molar refractivity (Wildman–Crippen MR) is 70.0 cm³/mol. The standard InChI is InChI=1S/C12H14N2O5S/c15-11(16)6-10-8-20(18,19)5-4-14(10)12(17)9-2-1-3-13-7-9/h1-3,7,10H,4-6,8H2,(H,15,16). The Balaban J connectivity index is 2.24. The van der Waals surface area contributed by atoms with Gasteiger partial charge in [0.2, 0.25) is 0 Å². The monoisotopic (exact) mass is 298 g/mol. The van der Waals surface area contributed by atoms with Gasteiger partial charge in [0.15, 0.2) is 9.84 Å². The summed E-state index contributed by atoms with van der Waals surface area (Å²) in [6.45, 7) is 0.00794. The zero-order valence-corrected chi connectivity index (χ0v) is 11.4. The van der Waals surface area contributed by atoms with Gasteiger partial charge in [-0.3, -0.25) is 14.6 Å². The molecule has 0 saturated carbocycles. The van der Waals surface area contributed by atoms with Crippen LogP contribution in [0.3, 0.4) is 0 Å². The van der Waals surface area contributed by atoms with Crippen LogP contribution >= 0.6 is 0 Å². The molecule has 20 heavy (non-hydrogen) atoms. The second-order valence-corrected chi connectivity index (χ2v) is 6.84. The first kappa shape index (κ1) is 14.4. The van der Waals surface area contributed by atoms with Gasteiger partial charge < -0.3 is 10.0 Å². The lowest BCUT2D eigenvalue weighted by atomic mass is 10.1. The number of sulfone groups is 1. The number of hydrogen-bond acceptors (Lipinski definition) is 5. The van der Waals surface area contributed by atoms with Crippen molar-refractivity contribution in [2.45, 2.75) is 12.5 Å². The van der Waals surface area contributed by atoms with Crippen molar-refractivity contribution >= 4 is 21.7 Å². The van der Waals surface area contributed by atoms with Crippen LogP contribution in [0.15, 0.2) is 24.5 Å². The largest absolute Gasteiger partial charge is 0.481 e. The van der Waals surface area contributed by atoms with Gasteiger partial charge in [-0.2, -0.15) is 0 Å². The van der Waals surface area contributed by atoms with E-state index in [0.717, 1.165) is 0 Å². The van der Waals surface area contributed by atoms with Crippen LogP contribution in [0.5, 0.6) is 0 Å². The Kier molecular flexibility index (Phi) is 4.03. The number of nitrogens with zero attached hydrogens (tertiary/aromatic N) is 2. The fourth-order valence-electron chi connectivity index (χ4n) is 2.18. The van der Waals surface area contributed by atoms with Gasteiger partial charge in [0.25, 0.3) is 5.91 Å². The molecule has 7 nitrogen and oxygen atoms in total. The van der Waals surface area contributed by atoms with Gasteiger partial charge in [0.05, 0.1) is 29.5 Å². The van der Waals surface area contributed by atoms with Crippen LogP contribution < -0.4 is 0 Å². The van der Waals surface area contributed by atoms with Crippen molar-refractivity contribution in [2.75, 3.05) is 18.1 Å². The van der Waals surface area contributed by atoms with Crippen molar-refractivity contribution < 1.29 is 23.1 Å². The first-order valence-corrected chi connectivity index (χ1v) is 7.84. The maximum Gasteiger partial charge on any atom is 0.305 e. The Bertz CT molecular complexity index is 614. The van der Waals surface area contributed by atoms with Crippen molar-refractivity contribution in [3.05, 3.63) is 30.1 Å². The molecular weight excluding hydrogens is 284 g/mol. The van der Waals surface area contributed by atoms with Crippen LogP contribution in [0, 0.1) is 0 Å². The number of carboxylic acids is 1. The lowest BCUT2D eigenvalue weighted by molar-refractivity contribution is -0.138. The summed E-state index contributed by atoms with van der Waals surface area (Å²) in [6.07, 6.45) is 2.51. The number of pyridine rings is 1. The molecule has 1 atom stereocenters. The van der Waals surface area contributed by atoms with Gasteiger partial charge in [0, 0.05) is 18.9 Å². The molecule has 1 aromatic heterocycles. The Hall–Kier alpha value is -1.96. The summed E-state index contributed by atoms with van der Waals surface area (Å²) in [5.41, 5.74) is 0.321. The van der Waals surface area contributed by atoms with E-state index >= 15 is 0 Å². The molecule has 0 aromatic carbocycles. The molecule has 1 N–H and O–H groups in total. The first-order chi connectivity index (χ1) is 9.39.